The molecule has 3 amide bonds. The number of hydrogen-bond acceptors (Lipinski definition) is 7. The van der Waals surface area contributed by atoms with Crippen molar-refractivity contribution in [2.45, 2.75) is 38.3 Å². The fraction of sp³-hybridized carbons (Fsp3) is 0.462. The molecule has 0 aliphatic carbocycles. The number of urea groups is 1. The molecule has 36 heavy (non-hydrogen) atoms. The summed E-state index contributed by atoms with van der Waals surface area (Å²) in [5.41, 5.74) is 5.20. The minimum Gasteiger partial charge on any atom is -0.497 e. The van der Waals surface area contributed by atoms with Crippen LogP contribution in [0, 0.1) is 11.8 Å². The van der Waals surface area contributed by atoms with Crippen LogP contribution in [0.3, 0.4) is 0 Å². The van der Waals surface area contributed by atoms with Gasteiger partial charge in [-0.3, -0.25) is 10.6 Å². The molecule has 192 valence electrons. The van der Waals surface area contributed by atoms with Crippen LogP contribution in [0.5, 0.6) is 5.75 Å². The first-order chi connectivity index (χ1) is 17.6. The van der Waals surface area contributed by atoms with E-state index in [4.69, 9.17) is 9.47 Å². The van der Waals surface area contributed by atoms with E-state index >= 15 is 0 Å². The first kappa shape index (κ1) is 24.4. The van der Waals surface area contributed by atoms with Crippen LogP contribution < -0.4 is 26.1 Å². The zero-order chi connectivity index (χ0) is 24.9. The van der Waals surface area contributed by atoms with Crippen LogP contribution in [0.1, 0.15) is 24.0 Å². The van der Waals surface area contributed by atoms with Crippen molar-refractivity contribution in [2.24, 2.45) is 11.8 Å². The number of fused-ring (bicyclic) bond motifs is 3. The van der Waals surface area contributed by atoms with E-state index in [1.807, 2.05) is 59.5 Å². The highest BCUT2D eigenvalue weighted by atomic mass is 16.5. The van der Waals surface area contributed by atoms with Gasteiger partial charge in [-0.25, -0.2) is 20.0 Å². The predicted molar refractivity (Wildman–Crippen MR) is 133 cm³/mol. The van der Waals surface area contributed by atoms with E-state index in [9.17, 15) is 9.59 Å². The maximum atomic E-state index is 13.3. The van der Waals surface area contributed by atoms with Crippen LogP contribution in [0.2, 0.25) is 0 Å². The number of hydrogen-bond donors (Lipinski definition) is 4. The second-order valence-corrected chi connectivity index (χ2v) is 9.51. The van der Waals surface area contributed by atoms with Gasteiger partial charge >= 0.3 is 12.1 Å². The van der Waals surface area contributed by atoms with Gasteiger partial charge < -0.3 is 19.7 Å². The van der Waals surface area contributed by atoms with E-state index < -0.39 is 6.09 Å². The Labute approximate surface area is 211 Å². The van der Waals surface area contributed by atoms with Gasteiger partial charge in [0.1, 0.15) is 18.5 Å². The van der Waals surface area contributed by atoms with Crippen LogP contribution in [0.15, 0.2) is 54.6 Å². The Morgan fingerprint density at radius 1 is 1.06 bits per heavy atom. The number of alkyl carbamates (subject to hydrolysis) is 1. The highest BCUT2D eigenvalue weighted by Crippen LogP contribution is 2.35. The van der Waals surface area contributed by atoms with Crippen LogP contribution in [-0.2, 0) is 17.9 Å². The summed E-state index contributed by atoms with van der Waals surface area (Å²) in [6, 6.07) is 17.4. The maximum absolute atomic E-state index is 13.3. The van der Waals surface area contributed by atoms with E-state index in [0.29, 0.717) is 25.7 Å². The summed E-state index contributed by atoms with van der Waals surface area (Å²) in [6.45, 7) is 2.67. The molecule has 0 spiro atoms. The zero-order valence-corrected chi connectivity index (χ0v) is 20.5. The lowest BCUT2D eigenvalue weighted by Crippen LogP contribution is -2.70. The number of piperidine rings is 1. The first-order valence-corrected chi connectivity index (χ1v) is 12.5. The van der Waals surface area contributed by atoms with Gasteiger partial charge in [0, 0.05) is 19.0 Å². The summed E-state index contributed by atoms with van der Waals surface area (Å²) in [5.74, 6) is 1.38. The van der Waals surface area contributed by atoms with Crippen molar-refractivity contribution in [3.63, 3.8) is 0 Å². The van der Waals surface area contributed by atoms with Crippen molar-refractivity contribution in [3.05, 3.63) is 65.7 Å². The Morgan fingerprint density at radius 2 is 1.86 bits per heavy atom. The maximum Gasteiger partial charge on any atom is 0.407 e. The highest BCUT2D eigenvalue weighted by molar-refractivity contribution is 5.76. The molecule has 10 heteroatoms. The molecule has 4 N–H and O–H groups in total. The molecule has 0 radical (unpaired) electrons. The van der Waals surface area contributed by atoms with Crippen molar-refractivity contribution in [1.29, 1.82) is 0 Å². The number of hydrazine groups is 1. The average molecular weight is 495 g/mol. The minimum atomic E-state index is -0.401. The quantitative estimate of drug-likeness (QED) is 0.446. The molecule has 3 aliphatic rings. The lowest BCUT2D eigenvalue weighted by Gasteiger charge is -2.51. The molecule has 2 aromatic rings. The molecule has 0 aromatic heterocycles. The lowest BCUT2D eigenvalue weighted by molar-refractivity contribution is -0.0250. The van der Waals surface area contributed by atoms with E-state index in [1.54, 1.807) is 12.1 Å². The number of methoxy groups -OCH3 is 1. The Hall–Kier alpha value is -3.34. The third-order valence-corrected chi connectivity index (χ3v) is 7.21. The van der Waals surface area contributed by atoms with Crippen LogP contribution >= 0.6 is 0 Å². The highest BCUT2D eigenvalue weighted by Gasteiger charge is 2.50. The van der Waals surface area contributed by atoms with Crippen LogP contribution in [0.4, 0.5) is 9.59 Å². The molecule has 4 unspecified atom stereocenters. The molecular formula is C26H34N6O4. The Morgan fingerprint density at radius 3 is 2.64 bits per heavy atom. The van der Waals surface area contributed by atoms with Crippen molar-refractivity contribution in [1.82, 2.24) is 31.3 Å². The lowest BCUT2D eigenvalue weighted by atomic mass is 9.82. The van der Waals surface area contributed by atoms with Gasteiger partial charge in [-0.2, -0.15) is 0 Å². The summed E-state index contributed by atoms with van der Waals surface area (Å²) < 4.78 is 10.6. The largest absolute Gasteiger partial charge is 0.497 e. The molecule has 10 nitrogen and oxygen atoms in total. The van der Waals surface area contributed by atoms with Crippen molar-refractivity contribution < 1.29 is 19.1 Å². The third kappa shape index (κ3) is 5.40. The van der Waals surface area contributed by atoms with Crippen molar-refractivity contribution in [2.75, 3.05) is 26.9 Å². The van der Waals surface area contributed by atoms with Crippen molar-refractivity contribution in [3.8, 4) is 5.75 Å². The molecule has 0 bridgehead atoms. The van der Waals surface area contributed by atoms with E-state index in [-0.39, 0.29) is 30.9 Å². The molecule has 3 fully saturated rings. The molecule has 5 rings (SSSR count). The normalized spacial score (nSPS) is 25.2. The second-order valence-electron chi connectivity index (χ2n) is 9.51. The number of rotatable bonds is 8. The average Bonchev–Trinajstić information content (AvgIpc) is 3.41. The van der Waals surface area contributed by atoms with Gasteiger partial charge in [0.25, 0.3) is 0 Å². The molecular weight excluding hydrogens is 460 g/mol. The molecule has 3 saturated heterocycles. The molecule has 0 saturated carbocycles. The third-order valence-electron chi connectivity index (χ3n) is 7.21. The summed E-state index contributed by atoms with van der Waals surface area (Å²) in [5, 5.41) is 11.7. The Kier molecular flexibility index (Phi) is 7.55. The smallest absolute Gasteiger partial charge is 0.407 e. The molecule has 3 aliphatic heterocycles. The van der Waals surface area contributed by atoms with Gasteiger partial charge in [-0.05, 0) is 48.6 Å². The first-order valence-electron chi connectivity index (χ1n) is 12.5. The fourth-order valence-electron chi connectivity index (χ4n) is 5.36. The Bertz CT molecular complexity index is 1040. The minimum absolute atomic E-state index is 0.0316. The van der Waals surface area contributed by atoms with Crippen LogP contribution in [0.25, 0.3) is 0 Å². The number of nitrogens with one attached hydrogen (secondary N) is 4. The number of carbonyl (C=O) groups excluding carboxylic acids is 2. The number of nitrogens with zero attached hydrogens (tertiary/aromatic N) is 2. The van der Waals surface area contributed by atoms with Crippen molar-refractivity contribution >= 4 is 12.1 Å². The number of ether oxygens (including phenoxy) is 2. The summed E-state index contributed by atoms with van der Waals surface area (Å²) in [6.07, 6.45) is 1.26. The van der Waals surface area contributed by atoms with Gasteiger partial charge in [0.05, 0.1) is 19.9 Å². The summed E-state index contributed by atoms with van der Waals surface area (Å²) in [7, 11) is 1.64. The number of amides is 3. The van der Waals surface area contributed by atoms with Gasteiger partial charge in [-0.1, -0.05) is 42.5 Å². The van der Waals surface area contributed by atoms with E-state index in [2.05, 4.69) is 21.4 Å². The van der Waals surface area contributed by atoms with E-state index in [1.165, 1.54) is 0 Å². The number of carbonyl (C=O) groups is 2. The van der Waals surface area contributed by atoms with Crippen LogP contribution in [-0.4, -0.2) is 61.2 Å². The SMILES string of the molecule is COc1ccc(CN2C(=O)N3NCNC3C3CC(CCNC(=O)OCc4ccccc4)CNC32)cc1. The van der Waals surface area contributed by atoms with Gasteiger partial charge in [0.2, 0.25) is 0 Å². The zero-order valence-electron chi connectivity index (χ0n) is 20.5. The topological polar surface area (TPSA) is 107 Å². The number of benzene rings is 2. The molecule has 4 atom stereocenters. The van der Waals surface area contributed by atoms with Gasteiger partial charge in [0.15, 0.2) is 0 Å². The standard InChI is InChI=1S/C26H34N6O4/c1-35-21-9-7-18(8-10-21)15-31-23-22(24-29-17-30-32(24)26(31)34)13-20(14-28-23)11-12-27-25(33)36-16-19-5-3-2-4-6-19/h2-10,20,22-24,28-30H,11-17H2,1H3,(H,27,33). The second kappa shape index (κ2) is 11.2. The summed E-state index contributed by atoms with van der Waals surface area (Å²) >= 11 is 0. The fourth-order valence-corrected chi connectivity index (χ4v) is 5.36. The molecule has 3 heterocycles. The van der Waals surface area contributed by atoms with E-state index in [0.717, 1.165) is 36.3 Å². The Balaban J connectivity index is 1.15. The van der Waals surface area contributed by atoms with Gasteiger partial charge in [-0.15, -0.1) is 0 Å². The predicted octanol–water partition coefficient (Wildman–Crippen LogP) is 2.19. The molecule has 2 aromatic carbocycles. The summed E-state index contributed by atoms with van der Waals surface area (Å²) in [4.78, 5) is 27.3. The monoisotopic (exact) mass is 494 g/mol.